The number of hydrogen-bond donors (Lipinski definition) is 2. The molecular formula is C15H19NO4. The van der Waals surface area contributed by atoms with Crippen LogP contribution >= 0.6 is 0 Å². The molecule has 5 heteroatoms. The Hall–Kier alpha value is -1.88. The summed E-state index contributed by atoms with van der Waals surface area (Å²) >= 11 is 0. The number of carboxylic acids is 1. The predicted octanol–water partition coefficient (Wildman–Crippen LogP) is 2.20. The fourth-order valence-corrected chi connectivity index (χ4v) is 2.37. The van der Waals surface area contributed by atoms with Gasteiger partial charge in [0.2, 0.25) is 5.91 Å². The Morgan fingerprint density at radius 3 is 2.65 bits per heavy atom. The van der Waals surface area contributed by atoms with Crippen LogP contribution in [0, 0.1) is 12.8 Å². The quantitative estimate of drug-likeness (QED) is 0.865. The average molecular weight is 277 g/mol. The van der Waals surface area contributed by atoms with Crippen LogP contribution in [0.5, 0.6) is 0 Å². The molecule has 108 valence electrons. The molecule has 1 amide bonds. The zero-order valence-corrected chi connectivity index (χ0v) is 11.5. The molecular weight excluding hydrogens is 258 g/mol. The summed E-state index contributed by atoms with van der Waals surface area (Å²) in [7, 11) is 0. The van der Waals surface area contributed by atoms with E-state index < -0.39 is 11.9 Å². The Labute approximate surface area is 117 Å². The van der Waals surface area contributed by atoms with Gasteiger partial charge in [-0.05, 0) is 31.9 Å². The van der Waals surface area contributed by atoms with E-state index in [2.05, 4.69) is 5.32 Å². The summed E-state index contributed by atoms with van der Waals surface area (Å²) in [5.74, 6) is -1.91. The van der Waals surface area contributed by atoms with E-state index in [9.17, 15) is 9.59 Å². The minimum Gasteiger partial charge on any atom is -0.481 e. The summed E-state index contributed by atoms with van der Waals surface area (Å²) in [6, 6.07) is 7.41. The maximum atomic E-state index is 12.3. The Kier molecular flexibility index (Phi) is 4.74. The summed E-state index contributed by atoms with van der Waals surface area (Å²) in [5.41, 5.74) is 1.78. The summed E-state index contributed by atoms with van der Waals surface area (Å²) in [5, 5.41) is 11.7. The van der Waals surface area contributed by atoms with Crippen molar-refractivity contribution >= 4 is 17.6 Å². The molecule has 0 aromatic heterocycles. The first-order valence-electron chi connectivity index (χ1n) is 6.77. The van der Waals surface area contributed by atoms with Crippen molar-refractivity contribution in [2.24, 2.45) is 5.92 Å². The molecule has 1 aliphatic heterocycles. The lowest BCUT2D eigenvalue weighted by molar-refractivity contribution is -0.142. The molecule has 0 radical (unpaired) electrons. The van der Waals surface area contributed by atoms with Gasteiger partial charge in [-0.2, -0.15) is 0 Å². The highest BCUT2D eigenvalue weighted by Gasteiger charge is 2.33. The zero-order chi connectivity index (χ0) is 14.5. The molecule has 0 spiro atoms. The van der Waals surface area contributed by atoms with Crippen LogP contribution in [-0.4, -0.2) is 29.7 Å². The normalized spacial score (nSPS) is 19.6. The molecule has 2 unspecified atom stereocenters. The predicted molar refractivity (Wildman–Crippen MR) is 74.5 cm³/mol. The van der Waals surface area contributed by atoms with E-state index in [0.29, 0.717) is 12.3 Å². The number of carboxylic acid groups (broad SMARTS) is 1. The summed E-state index contributed by atoms with van der Waals surface area (Å²) in [6.45, 7) is 2.56. The first-order chi connectivity index (χ1) is 9.56. The van der Waals surface area contributed by atoms with Crippen molar-refractivity contribution in [3.63, 3.8) is 0 Å². The number of hydrogen-bond acceptors (Lipinski definition) is 3. The second kappa shape index (κ2) is 6.52. The molecule has 1 aliphatic rings. The molecule has 2 atom stereocenters. The van der Waals surface area contributed by atoms with Crippen molar-refractivity contribution in [1.29, 1.82) is 0 Å². The van der Waals surface area contributed by atoms with Crippen molar-refractivity contribution in [3.05, 3.63) is 29.8 Å². The summed E-state index contributed by atoms with van der Waals surface area (Å²) < 4.78 is 5.47. The second-order valence-corrected chi connectivity index (χ2v) is 5.11. The molecule has 20 heavy (non-hydrogen) atoms. The third-order valence-corrected chi connectivity index (χ3v) is 3.46. The summed E-state index contributed by atoms with van der Waals surface area (Å²) in [4.78, 5) is 23.2. The molecule has 0 aliphatic carbocycles. The van der Waals surface area contributed by atoms with Gasteiger partial charge >= 0.3 is 5.97 Å². The maximum Gasteiger partial charge on any atom is 0.304 e. The van der Waals surface area contributed by atoms with Crippen LogP contribution in [0.3, 0.4) is 0 Å². The number of benzene rings is 1. The highest BCUT2D eigenvalue weighted by molar-refractivity contribution is 5.94. The van der Waals surface area contributed by atoms with Crippen molar-refractivity contribution in [2.45, 2.75) is 32.3 Å². The second-order valence-electron chi connectivity index (χ2n) is 5.11. The Morgan fingerprint density at radius 1 is 1.40 bits per heavy atom. The van der Waals surface area contributed by atoms with Crippen LogP contribution in [-0.2, 0) is 14.3 Å². The lowest BCUT2D eigenvalue weighted by Gasteiger charge is -2.20. The van der Waals surface area contributed by atoms with Crippen molar-refractivity contribution in [2.75, 3.05) is 11.9 Å². The van der Waals surface area contributed by atoms with Gasteiger partial charge in [-0.15, -0.1) is 0 Å². The molecule has 2 rings (SSSR count). The van der Waals surface area contributed by atoms with Crippen LogP contribution in [0.15, 0.2) is 24.3 Å². The van der Waals surface area contributed by atoms with E-state index in [1.165, 1.54) is 0 Å². The van der Waals surface area contributed by atoms with Gasteiger partial charge in [0.25, 0.3) is 0 Å². The Balaban J connectivity index is 2.05. The molecule has 1 aromatic rings. The van der Waals surface area contributed by atoms with E-state index in [1.807, 2.05) is 19.1 Å². The van der Waals surface area contributed by atoms with Crippen molar-refractivity contribution in [1.82, 2.24) is 0 Å². The first-order valence-corrected chi connectivity index (χ1v) is 6.77. The van der Waals surface area contributed by atoms with Gasteiger partial charge in [0.15, 0.2) is 0 Å². The van der Waals surface area contributed by atoms with E-state index in [0.717, 1.165) is 18.4 Å². The summed E-state index contributed by atoms with van der Waals surface area (Å²) in [6.07, 6.45) is 1.11. The standard InChI is InChI=1S/C15H19NO4/c1-10-4-6-11(7-5-10)16-15(19)12(9-14(17)18)13-3-2-8-20-13/h4-7,12-13H,2-3,8-9H2,1H3,(H,16,19)(H,17,18). The Morgan fingerprint density at radius 2 is 2.10 bits per heavy atom. The number of rotatable bonds is 5. The fourth-order valence-electron chi connectivity index (χ4n) is 2.37. The minimum atomic E-state index is -0.982. The number of anilines is 1. The van der Waals surface area contributed by atoms with Gasteiger partial charge in [0, 0.05) is 12.3 Å². The van der Waals surface area contributed by atoms with Gasteiger partial charge in [0.05, 0.1) is 18.4 Å². The topological polar surface area (TPSA) is 75.6 Å². The van der Waals surface area contributed by atoms with E-state index >= 15 is 0 Å². The van der Waals surface area contributed by atoms with Crippen LogP contribution in [0.1, 0.15) is 24.8 Å². The van der Waals surface area contributed by atoms with Crippen molar-refractivity contribution in [3.8, 4) is 0 Å². The largest absolute Gasteiger partial charge is 0.481 e. The van der Waals surface area contributed by atoms with Gasteiger partial charge < -0.3 is 15.2 Å². The smallest absolute Gasteiger partial charge is 0.304 e. The number of amides is 1. The van der Waals surface area contributed by atoms with Gasteiger partial charge in [-0.1, -0.05) is 17.7 Å². The Bertz CT molecular complexity index is 477. The average Bonchev–Trinajstić information content (AvgIpc) is 2.92. The fraction of sp³-hybridized carbons (Fsp3) is 0.467. The van der Waals surface area contributed by atoms with Crippen LogP contribution < -0.4 is 5.32 Å². The zero-order valence-electron chi connectivity index (χ0n) is 11.5. The molecule has 2 N–H and O–H groups in total. The van der Waals surface area contributed by atoms with Gasteiger partial charge in [-0.25, -0.2) is 0 Å². The van der Waals surface area contributed by atoms with Crippen LogP contribution in [0.25, 0.3) is 0 Å². The lowest BCUT2D eigenvalue weighted by Crippen LogP contribution is -2.34. The van der Waals surface area contributed by atoms with Gasteiger partial charge in [0.1, 0.15) is 0 Å². The number of carbonyl (C=O) groups excluding carboxylic acids is 1. The van der Waals surface area contributed by atoms with Crippen LogP contribution in [0.2, 0.25) is 0 Å². The molecule has 0 bridgehead atoms. The number of aryl methyl sites for hydroxylation is 1. The SMILES string of the molecule is Cc1ccc(NC(=O)C(CC(=O)O)C2CCCO2)cc1. The highest BCUT2D eigenvalue weighted by Crippen LogP contribution is 2.24. The van der Waals surface area contributed by atoms with E-state index in [-0.39, 0.29) is 18.4 Å². The third kappa shape index (κ3) is 3.81. The highest BCUT2D eigenvalue weighted by atomic mass is 16.5. The number of aliphatic carboxylic acids is 1. The molecule has 1 aromatic carbocycles. The molecule has 0 saturated carbocycles. The lowest BCUT2D eigenvalue weighted by atomic mass is 9.95. The van der Waals surface area contributed by atoms with Gasteiger partial charge in [-0.3, -0.25) is 9.59 Å². The minimum absolute atomic E-state index is 0.206. The van der Waals surface area contributed by atoms with E-state index in [4.69, 9.17) is 9.84 Å². The molecule has 1 heterocycles. The van der Waals surface area contributed by atoms with E-state index in [1.54, 1.807) is 12.1 Å². The maximum absolute atomic E-state index is 12.3. The first kappa shape index (κ1) is 14.5. The number of nitrogens with one attached hydrogen (secondary N) is 1. The third-order valence-electron chi connectivity index (χ3n) is 3.46. The molecule has 1 fully saturated rings. The monoisotopic (exact) mass is 277 g/mol. The van der Waals surface area contributed by atoms with Crippen molar-refractivity contribution < 1.29 is 19.4 Å². The molecule has 1 saturated heterocycles. The van der Waals surface area contributed by atoms with Crippen LogP contribution in [0.4, 0.5) is 5.69 Å². The molecule has 5 nitrogen and oxygen atoms in total. The number of carbonyl (C=O) groups is 2. The number of ether oxygens (including phenoxy) is 1.